The fourth-order valence-corrected chi connectivity index (χ4v) is 3.16. The van der Waals surface area contributed by atoms with E-state index in [1.54, 1.807) is 14.2 Å². The number of methoxy groups -OCH3 is 2. The first-order chi connectivity index (χ1) is 10.1. The van der Waals surface area contributed by atoms with Crippen LogP contribution in [0, 0.1) is 0 Å². The molecule has 2 N–H and O–H groups in total. The summed E-state index contributed by atoms with van der Waals surface area (Å²) in [6, 6.07) is 4.44. The first-order valence-electron chi connectivity index (χ1n) is 7.65. The summed E-state index contributed by atoms with van der Waals surface area (Å²) in [7, 11) is 3.28. The van der Waals surface area contributed by atoms with Crippen LogP contribution in [-0.2, 0) is 0 Å². The van der Waals surface area contributed by atoms with Gasteiger partial charge in [0.05, 0.1) is 25.6 Å². The molecule has 21 heavy (non-hydrogen) atoms. The normalized spacial score (nSPS) is 18.3. The molecule has 1 heterocycles. The third kappa shape index (κ3) is 3.18. The van der Waals surface area contributed by atoms with E-state index in [0.717, 1.165) is 43.3 Å². The van der Waals surface area contributed by atoms with Gasteiger partial charge in [0.15, 0.2) is 11.5 Å². The predicted molar refractivity (Wildman–Crippen MR) is 87.5 cm³/mol. The fourth-order valence-electron chi connectivity index (χ4n) is 3.16. The average Bonchev–Trinajstić information content (AvgIpc) is 2.97. The molecule has 5 heteroatoms. The molecule has 5 nitrogen and oxygen atoms in total. The molecule has 1 atom stereocenters. The van der Waals surface area contributed by atoms with Gasteiger partial charge >= 0.3 is 0 Å². The SMILES string of the molecule is CCN(CC)C1CCN(c2cc(OC)c(OC)cc2N)C1. The van der Waals surface area contributed by atoms with E-state index in [-0.39, 0.29) is 0 Å². The second kappa shape index (κ2) is 6.89. The van der Waals surface area contributed by atoms with Crippen LogP contribution < -0.4 is 20.1 Å². The number of nitrogen functional groups attached to an aromatic ring is 1. The maximum absolute atomic E-state index is 6.20. The van der Waals surface area contributed by atoms with Crippen LogP contribution in [0.25, 0.3) is 0 Å². The standard InChI is InChI=1S/C16H27N3O2/c1-5-18(6-2)12-7-8-19(11-12)14-10-16(21-4)15(20-3)9-13(14)17/h9-10,12H,5-8,11,17H2,1-4H3. The van der Waals surface area contributed by atoms with E-state index in [9.17, 15) is 0 Å². The van der Waals surface area contributed by atoms with Crippen LogP contribution in [0.5, 0.6) is 11.5 Å². The lowest BCUT2D eigenvalue weighted by molar-refractivity contribution is 0.232. The van der Waals surface area contributed by atoms with Crippen LogP contribution in [0.3, 0.4) is 0 Å². The number of anilines is 2. The minimum Gasteiger partial charge on any atom is -0.493 e. The molecule has 118 valence electrons. The van der Waals surface area contributed by atoms with E-state index in [1.165, 1.54) is 6.42 Å². The monoisotopic (exact) mass is 293 g/mol. The van der Waals surface area contributed by atoms with Crippen molar-refractivity contribution in [3.05, 3.63) is 12.1 Å². The summed E-state index contributed by atoms with van der Waals surface area (Å²) in [5, 5.41) is 0. The van der Waals surface area contributed by atoms with Gasteiger partial charge in [-0.15, -0.1) is 0 Å². The minimum atomic E-state index is 0.604. The number of nitrogens with zero attached hydrogens (tertiary/aromatic N) is 2. The second-order valence-corrected chi connectivity index (χ2v) is 5.38. The topological polar surface area (TPSA) is 51.0 Å². The van der Waals surface area contributed by atoms with E-state index in [2.05, 4.69) is 23.6 Å². The van der Waals surface area contributed by atoms with Crippen molar-refractivity contribution in [1.82, 2.24) is 4.90 Å². The highest BCUT2D eigenvalue weighted by molar-refractivity contribution is 5.73. The highest BCUT2D eigenvalue weighted by Crippen LogP contribution is 2.38. The van der Waals surface area contributed by atoms with Crippen LogP contribution in [-0.4, -0.2) is 51.3 Å². The Morgan fingerprint density at radius 3 is 2.38 bits per heavy atom. The lowest BCUT2D eigenvalue weighted by atomic mass is 10.2. The van der Waals surface area contributed by atoms with Gasteiger partial charge < -0.3 is 20.1 Å². The number of rotatable bonds is 6. The molecule has 1 saturated heterocycles. The fraction of sp³-hybridized carbons (Fsp3) is 0.625. The largest absolute Gasteiger partial charge is 0.493 e. The molecule has 1 aromatic carbocycles. The van der Waals surface area contributed by atoms with Crippen LogP contribution in [0.15, 0.2) is 12.1 Å². The number of likely N-dealkylation sites (N-methyl/N-ethyl adjacent to an activating group) is 1. The molecule has 1 aromatic rings. The molecule has 0 spiro atoms. The lowest BCUT2D eigenvalue weighted by Crippen LogP contribution is -2.37. The average molecular weight is 293 g/mol. The zero-order valence-electron chi connectivity index (χ0n) is 13.6. The van der Waals surface area contributed by atoms with E-state index in [0.29, 0.717) is 11.8 Å². The van der Waals surface area contributed by atoms with Gasteiger partial charge in [0.2, 0.25) is 0 Å². The van der Waals surface area contributed by atoms with Crippen LogP contribution in [0.1, 0.15) is 20.3 Å². The van der Waals surface area contributed by atoms with Crippen LogP contribution >= 0.6 is 0 Å². The molecule has 1 aliphatic rings. The number of hydrogen-bond donors (Lipinski definition) is 1. The maximum atomic E-state index is 6.20. The molecule has 0 saturated carbocycles. The molecule has 0 bridgehead atoms. The van der Waals surface area contributed by atoms with Crippen molar-refractivity contribution < 1.29 is 9.47 Å². The van der Waals surface area contributed by atoms with Gasteiger partial charge in [-0.1, -0.05) is 13.8 Å². The van der Waals surface area contributed by atoms with Gasteiger partial charge in [-0.25, -0.2) is 0 Å². The summed E-state index contributed by atoms with van der Waals surface area (Å²) in [6.07, 6.45) is 1.18. The summed E-state index contributed by atoms with van der Waals surface area (Å²) in [5.41, 5.74) is 7.98. The van der Waals surface area contributed by atoms with Crippen molar-refractivity contribution in [1.29, 1.82) is 0 Å². The van der Waals surface area contributed by atoms with Crippen LogP contribution in [0.4, 0.5) is 11.4 Å². The summed E-state index contributed by atoms with van der Waals surface area (Å²) in [6.45, 7) is 8.67. The molecule has 0 amide bonds. The van der Waals surface area contributed by atoms with E-state index >= 15 is 0 Å². The van der Waals surface area contributed by atoms with Crippen molar-refractivity contribution in [2.75, 3.05) is 51.0 Å². The predicted octanol–water partition coefficient (Wildman–Crippen LogP) is 2.21. The number of ether oxygens (including phenoxy) is 2. The number of nitrogens with two attached hydrogens (primary N) is 1. The Hall–Kier alpha value is -1.62. The van der Waals surface area contributed by atoms with E-state index < -0.39 is 0 Å². The second-order valence-electron chi connectivity index (χ2n) is 5.38. The number of hydrogen-bond acceptors (Lipinski definition) is 5. The Morgan fingerprint density at radius 1 is 1.19 bits per heavy atom. The molecular formula is C16H27N3O2. The van der Waals surface area contributed by atoms with Gasteiger partial charge in [0.1, 0.15) is 0 Å². The van der Waals surface area contributed by atoms with Gasteiger partial charge in [0, 0.05) is 31.3 Å². The van der Waals surface area contributed by atoms with Crippen molar-refractivity contribution in [3.8, 4) is 11.5 Å². The zero-order chi connectivity index (χ0) is 15.4. The Morgan fingerprint density at radius 2 is 1.81 bits per heavy atom. The van der Waals surface area contributed by atoms with Crippen molar-refractivity contribution in [2.45, 2.75) is 26.3 Å². The Bertz CT molecular complexity index is 475. The lowest BCUT2D eigenvalue weighted by Gasteiger charge is -2.27. The highest BCUT2D eigenvalue weighted by atomic mass is 16.5. The first-order valence-corrected chi connectivity index (χ1v) is 7.65. The first kappa shape index (κ1) is 15.8. The minimum absolute atomic E-state index is 0.604. The molecular weight excluding hydrogens is 266 g/mol. The third-order valence-electron chi connectivity index (χ3n) is 4.37. The van der Waals surface area contributed by atoms with Crippen molar-refractivity contribution in [2.24, 2.45) is 0 Å². The quantitative estimate of drug-likeness (QED) is 0.815. The Balaban J connectivity index is 2.19. The molecule has 2 rings (SSSR count). The van der Waals surface area contributed by atoms with Crippen LogP contribution in [0.2, 0.25) is 0 Å². The highest BCUT2D eigenvalue weighted by Gasteiger charge is 2.28. The number of benzene rings is 1. The summed E-state index contributed by atoms with van der Waals surface area (Å²) in [5.74, 6) is 1.41. The van der Waals surface area contributed by atoms with E-state index in [4.69, 9.17) is 15.2 Å². The molecule has 0 radical (unpaired) electrons. The molecule has 0 aliphatic carbocycles. The van der Waals surface area contributed by atoms with Gasteiger partial charge in [-0.2, -0.15) is 0 Å². The van der Waals surface area contributed by atoms with E-state index in [1.807, 2.05) is 12.1 Å². The summed E-state index contributed by atoms with van der Waals surface area (Å²) in [4.78, 5) is 4.86. The molecule has 0 aromatic heterocycles. The zero-order valence-corrected chi connectivity index (χ0v) is 13.6. The van der Waals surface area contributed by atoms with Crippen molar-refractivity contribution in [3.63, 3.8) is 0 Å². The van der Waals surface area contributed by atoms with Gasteiger partial charge in [0.25, 0.3) is 0 Å². The van der Waals surface area contributed by atoms with Crippen molar-refractivity contribution >= 4 is 11.4 Å². The molecule has 1 fully saturated rings. The van der Waals surface area contributed by atoms with Gasteiger partial charge in [-0.3, -0.25) is 4.90 Å². The maximum Gasteiger partial charge on any atom is 0.162 e. The summed E-state index contributed by atoms with van der Waals surface area (Å²) < 4.78 is 10.7. The van der Waals surface area contributed by atoms with Gasteiger partial charge in [-0.05, 0) is 19.5 Å². The third-order valence-corrected chi connectivity index (χ3v) is 4.37. The molecule has 1 aliphatic heterocycles. The smallest absolute Gasteiger partial charge is 0.162 e. The Labute approximate surface area is 127 Å². The Kier molecular flexibility index (Phi) is 5.17. The molecule has 1 unspecified atom stereocenters. The summed E-state index contributed by atoms with van der Waals surface area (Å²) >= 11 is 0.